The van der Waals surface area contributed by atoms with Gasteiger partial charge in [0.1, 0.15) is 0 Å². The lowest BCUT2D eigenvalue weighted by molar-refractivity contribution is -0.615. The minimum atomic E-state index is -0.533. The van der Waals surface area contributed by atoms with Crippen LogP contribution in [0.4, 0.5) is 0 Å². The lowest BCUT2D eigenvalue weighted by atomic mass is 9.91. The largest absolute Gasteiger partial charge is 0.348 e. The van der Waals surface area contributed by atoms with Gasteiger partial charge < -0.3 is 0 Å². The second-order valence-corrected chi connectivity index (χ2v) is 5.65. The van der Waals surface area contributed by atoms with Crippen LogP contribution in [0.15, 0.2) is 12.1 Å². The molecule has 0 radical (unpaired) electrons. The number of hydrazone groups is 1. The molecule has 0 bridgehead atoms. The Morgan fingerprint density at radius 1 is 1.00 bits per heavy atom. The van der Waals surface area contributed by atoms with Gasteiger partial charge in [-0.1, -0.05) is 32.9 Å². The molecule has 0 heterocycles. The van der Waals surface area contributed by atoms with E-state index in [0.717, 1.165) is 36.1 Å². The quantitative estimate of drug-likeness (QED) is 0.375. The second kappa shape index (κ2) is 7.87. The van der Waals surface area contributed by atoms with E-state index in [1.807, 2.05) is 39.8 Å². The van der Waals surface area contributed by atoms with Crippen LogP contribution in [0.2, 0.25) is 0 Å². The summed E-state index contributed by atoms with van der Waals surface area (Å²) in [7, 11) is 1.57. The fraction of sp³-hybridized carbons (Fsp3) is 0.500. The van der Waals surface area contributed by atoms with Gasteiger partial charge in [0.2, 0.25) is 0 Å². The van der Waals surface area contributed by atoms with Crippen LogP contribution >= 0.6 is 0 Å². The van der Waals surface area contributed by atoms with E-state index < -0.39 is 11.7 Å². The van der Waals surface area contributed by atoms with Crippen molar-refractivity contribution in [2.45, 2.75) is 53.9 Å². The summed E-state index contributed by atoms with van der Waals surface area (Å²) in [6.07, 6.45) is 2.41. The number of hydrogen-bond donors (Lipinski definition) is 1. The molecular weight excluding hydrogens is 276 g/mol. The van der Waals surface area contributed by atoms with Crippen molar-refractivity contribution in [2.75, 3.05) is 7.05 Å². The van der Waals surface area contributed by atoms with Crippen LogP contribution in [0.25, 0.3) is 0 Å². The molecule has 1 rings (SSSR count). The molecule has 0 saturated carbocycles. The Morgan fingerprint density at radius 3 is 1.86 bits per heavy atom. The number of hydrogen-bond acceptors (Lipinski definition) is 2. The molecule has 22 heavy (non-hydrogen) atoms. The number of hydrazine groups is 1. The molecule has 0 saturated heterocycles. The van der Waals surface area contributed by atoms with Crippen molar-refractivity contribution in [3.8, 4) is 0 Å². The maximum atomic E-state index is 12.7. The first-order valence-corrected chi connectivity index (χ1v) is 7.89. The number of rotatable bonds is 6. The molecule has 0 aliphatic heterocycles. The maximum absolute atomic E-state index is 12.7. The molecule has 1 aromatic carbocycles. The van der Waals surface area contributed by atoms with Crippen LogP contribution in [0.3, 0.4) is 0 Å². The smallest absolute Gasteiger partial charge is 0.283 e. The number of carbonyl (C=O) groups is 2. The molecule has 0 aromatic heterocycles. The van der Waals surface area contributed by atoms with Gasteiger partial charge in [0.15, 0.2) is 5.71 Å². The molecule has 0 spiro atoms. The van der Waals surface area contributed by atoms with Crippen molar-refractivity contribution >= 4 is 17.4 Å². The Bertz CT molecular complexity index is 574. The zero-order valence-electron chi connectivity index (χ0n) is 14.5. The maximum Gasteiger partial charge on any atom is 0.348 e. The van der Waals surface area contributed by atoms with Crippen molar-refractivity contribution in [3.05, 3.63) is 34.4 Å². The van der Waals surface area contributed by atoms with Gasteiger partial charge in [-0.3, -0.25) is 9.59 Å². The number of aryl methyl sites for hydroxylation is 3. The van der Waals surface area contributed by atoms with Crippen LogP contribution in [-0.2, 0) is 24.1 Å². The number of nitrogens with zero attached hydrogens (tertiary/aromatic N) is 1. The van der Waals surface area contributed by atoms with Crippen molar-refractivity contribution < 1.29 is 14.7 Å². The van der Waals surface area contributed by atoms with Gasteiger partial charge in [-0.05, 0) is 36.0 Å². The Kier molecular flexibility index (Phi) is 6.47. The highest BCUT2D eigenvalue weighted by molar-refractivity contribution is 6.43. The molecule has 120 valence electrons. The molecule has 1 amide bonds. The number of nitrogens with one attached hydrogen (secondary N) is 1. The van der Waals surface area contributed by atoms with Crippen molar-refractivity contribution in [2.24, 2.45) is 0 Å². The van der Waals surface area contributed by atoms with Gasteiger partial charge in [-0.25, -0.2) is 0 Å². The fourth-order valence-corrected chi connectivity index (χ4v) is 2.54. The molecule has 0 atom stereocenters. The first-order valence-electron chi connectivity index (χ1n) is 7.89. The van der Waals surface area contributed by atoms with E-state index in [1.165, 1.54) is 10.6 Å². The number of ketones is 1. The summed E-state index contributed by atoms with van der Waals surface area (Å²) in [5, 5.41) is 4.12. The van der Waals surface area contributed by atoms with Gasteiger partial charge in [0.25, 0.3) is 5.78 Å². The van der Waals surface area contributed by atoms with E-state index in [2.05, 4.69) is 12.0 Å². The highest BCUT2D eigenvalue weighted by Gasteiger charge is 2.27. The zero-order valence-corrected chi connectivity index (χ0v) is 14.5. The van der Waals surface area contributed by atoms with E-state index >= 15 is 0 Å². The predicted molar refractivity (Wildman–Crippen MR) is 89.0 cm³/mol. The third-order valence-electron chi connectivity index (χ3n) is 3.65. The topological polar surface area (TPSA) is 51.4 Å². The zero-order chi connectivity index (χ0) is 16.9. The van der Waals surface area contributed by atoms with E-state index in [-0.39, 0.29) is 0 Å². The highest BCUT2D eigenvalue weighted by atomic mass is 16.2. The number of Topliss-reactive ketones (excluding diaryl/α,β-unsaturated/α-hetero) is 1. The normalized spacial score (nSPS) is 10.3. The first-order chi connectivity index (χ1) is 10.3. The van der Waals surface area contributed by atoms with Crippen LogP contribution in [0.1, 0.15) is 61.7 Å². The monoisotopic (exact) mass is 303 g/mol. The van der Waals surface area contributed by atoms with Crippen molar-refractivity contribution in [3.63, 3.8) is 0 Å². The van der Waals surface area contributed by atoms with Crippen LogP contribution < -0.4 is 5.10 Å². The number of amides is 1. The molecular formula is C18H27N2O2+. The Labute approximate surface area is 133 Å². The summed E-state index contributed by atoms with van der Waals surface area (Å²) in [5.74, 6) is -0.970. The highest BCUT2D eigenvalue weighted by Crippen LogP contribution is 2.21. The number of carbonyl (C=O) groups excluding carboxylic acids is 2. The number of likely N-dealkylation sites (N-methyl/N-ethyl adjacent to an activating group) is 1. The third-order valence-corrected chi connectivity index (χ3v) is 3.65. The minimum Gasteiger partial charge on any atom is -0.283 e. The summed E-state index contributed by atoms with van der Waals surface area (Å²) in [5.41, 5.74) is 4.56. The Hall–Kier alpha value is -1.97. The van der Waals surface area contributed by atoms with Crippen LogP contribution in [0.5, 0.6) is 0 Å². The summed E-state index contributed by atoms with van der Waals surface area (Å²) < 4.78 is 0. The lowest BCUT2D eigenvalue weighted by Gasteiger charge is -2.15. The predicted octanol–water partition coefficient (Wildman–Crippen LogP) is 1.49. The molecule has 0 unspecified atom stereocenters. The molecule has 4 nitrogen and oxygen atoms in total. The molecule has 0 aliphatic rings. The van der Waals surface area contributed by atoms with Gasteiger partial charge >= 0.3 is 5.91 Å². The lowest BCUT2D eigenvalue weighted by Crippen LogP contribution is -2.84. The summed E-state index contributed by atoms with van der Waals surface area (Å²) in [4.78, 5) is 25.1. The van der Waals surface area contributed by atoms with Crippen LogP contribution in [-0.4, -0.2) is 29.5 Å². The molecule has 1 aromatic rings. The van der Waals surface area contributed by atoms with E-state index in [9.17, 15) is 9.59 Å². The summed E-state index contributed by atoms with van der Waals surface area (Å²) in [6.45, 7) is 9.82. The van der Waals surface area contributed by atoms with E-state index in [1.54, 1.807) is 7.05 Å². The fourth-order valence-electron chi connectivity index (χ4n) is 2.54. The minimum absolute atomic E-state index is 0.437. The SMILES string of the molecule is CCc1cc(CC)c(C(=O)C(=O)N(C)[NH+]=C(C)C)c(CC)c1. The molecule has 4 heteroatoms. The molecule has 0 fully saturated rings. The van der Waals surface area contributed by atoms with E-state index in [4.69, 9.17) is 0 Å². The number of benzene rings is 1. The van der Waals surface area contributed by atoms with Crippen molar-refractivity contribution in [1.29, 1.82) is 0 Å². The van der Waals surface area contributed by atoms with Gasteiger partial charge in [0, 0.05) is 19.4 Å². The molecule has 1 N–H and O–H groups in total. The summed E-state index contributed by atoms with van der Waals surface area (Å²) >= 11 is 0. The Balaban J connectivity index is 3.33. The average molecular weight is 303 g/mol. The average Bonchev–Trinajstić information content (AvgIpc) is 2.51. The standard InChI is InChI=1S/C18H26N2O2/c1-7-13-10-14(8-2)16(15(9-3)11-13)17(21)18(22)20(6)19-12(4)5/h10-11H,7-9H2,1-6H3/p+1. The van der Waals surface area contributed by atoms with Crippen molar-refractivity contribution in [1.82, 2.24) is 5.01 Å². The third kappa shape index (κ3) is 4.03. The van der Waals surface area contributed by atoms with E-state index in [0.29, 0.717) is 5.56 Å². The Morgan fingerprint density at radius 2 is 1.50 bits per heavy atom. The van der Waals surface area contributed by atoms with Gasteiger partial charge in [0.05, 0.1) is 7.05 Å². The first kappa shape index (κ1) is 18.1. The second-order valence-electron chi connectivity index (χ2n) is 5.65. The van der Waals surface area contributed by atoms with Gasteiger partial charge in [-0.15, -0.1) is 10.1 Å². The molecule has 0 aliphatic carbocycles. The van der Waals surface area contributed by atoms with Crippen LogP contribution in [0, 0.1) is 0 Å². The van der Waals surface area contributed by atoms with Gasteiger partial charge in [-0.2, -0.15) is 0 Å². The summed E-state index contributed by atoms with van der Waals surface area (Å²) in [6, 6.07) is 4.09.